The summed E-state index contributed by atoms with van der Waals surface area (Å²) in [6.07, 6.45) is 2.39. The van der Waals surface area contributed by atoms with Crippen molar-refractivity contribution < 1.29 is 13.6 Å². The molecule has 2 aromatic heterocycles. The number of benzene rings is 1. The topological polar surface area (TPSA) is 75.6 Å². The van der Waals surface area contributed by atoms with Crippen LogP contribution in [0, 0.1) is 6.92 Å². The van der Waals surface area contributed by atoms with Gasteiger partial charge >= 0.3 is 0 Å². The van der Waals surface area contributed by atoms with Gasteiger partial charge in [-0.25, -0.2) is 0 Å². The van der Waals surface area contributed by atoms with Crippen LogP contribution in [0.4, 0.5) is 0 Å². The largest absolute Gasteiger partial charge is 0.469 e. The summed E-state index contributed by atoms with van der Waals surface area (Å²) in [5, 5.41) is 8.85. The molecule has 0 unspecified atom stereocenters. The van der Waals surface area contributed by atoms with Crippen LogP contribution in [0.5, 0.6) is 0 Å². The standard InChI is InChI=1S/C21H23ClN4O3/c1-15-18(8-13-28-15)21-24-23-19(29-21)6-7-20(27)26-11-9-25(10-12-26)14-16-2-4-17(22)5-3-16/h2-5,8,13H,6-7,9-12,14H2,1H3. The first-order chi connectivity index (χ1) is 14.1. The number of hydrogen-bond donors (Lipinski definition) is 0. The van der Waals surface area contributed by atoms with Gasteiger partial charge in [-0.05, 0) is 30.7 Å². The smallest absolute Gasteiger partial charge is 0.251 e. The van der Waals surface area contributed by atoms with E-state index in [1.54, 1.807) is 12.3 Å². The second-order valence-electron chi connectivity index (χ2n) is 7.17. The molecular weight excluding hydrogens is 392 g/mol. The van der Waals surface area contributed by atoms with Crippen LogP contribution in [0.25, 0.3) is 11.5 Å². The number of hydrogen-bond acceptors (Lipinski definition) is 6. The second-order valence-corrected chi connectivity index (χ2v) is 7.61. The fourth-order valence-electron chi connectivity index (χ4n) is 3.45. The number of furan rings is 1. The second kappa shape index (κ2) is 8.80. The Hall–Kier alpha value is -2.64. The van der Waals surface area contributed by atoms with Gasteiger partial charge < -0.3 is 13.7 Å². The third-order valence-corrected chi connectivity index (χ3v) is 5.41. The lowest BCUT2D eigenvalue weighted by Crippen LogP contribution is -2.48. The summed E-state index contributed by atoms with van der Waals surface area (Å²) < 4.78 is 10.9. The van der Waals surface area contributed by atoms with Crippen LogP contribution in [-0.2, 0) is 17.8 Å². The van der Waals surface area contributed by atoms with Crippen molar-refractivity contribution in [3.63, 3.8) is 0 Å². The van der Waals surface area contributed by atoms with E-state index in [0.29, 0.717) is 24.6 Å². The number of nitrogens with zero attached hydrogens (tertiary/aromatic N) is 4. The van der Waals surface area contributed by atoms with Crippen LogP contribution >= 0.6 is 11.6 Å². The molecule has 1 amide bonds. The van der Waals surface area contributed by atoms with Crippen LogP contribution in [0.3, 0.4) is 0 Å². The number of piperazine rings is 1. The highest BCUT2D eigenvalue weighted by atomic mass is 35.5. The molecule has 152 valence electrons. The lowest BCUT2D eigenvalue weighted by Gasteiger charge is -2.34. The molecule has 3 aromatic rings. The van der Waals surface area contributed by atoms with Gasteiger partial charge in [0.25, 0.3) is 5.89 Å². The molecule has 29 heavy (non-hydrogen) atoms. The average molecular weight is 415 g/mol. The quantitative estimate of drug-likeness (QED) is 0.613. The molecule has 8 heteroatoms. The van der Waals surface area contributed by atoms with E-state index in [2.05, 4.69) is 15.1 Å². The van der Waals surface area contributed by atoms with E-state index < -0.39 is 0 Å². The monoisotopic (exact) mass is 414 g/mol. The Labute approximate surface area is 174 Å². The number of carbonyl (C=O) groups excluding carboxylic acids is 1. The minimum atomic E-state index is 0.121. The van der Waals surface area contributed by atoms with Crippen LogP contribution < -0.4 is 0 Å². The zero-order valence-corrected chi connectivity index (χ0v) is 17.1. The van der Waals surface area contributed by atoms with Crippen molar-refractivity contribution in [1.82, 2.24) is 20.0 Å². The molecule has 0 aliphatic carbocycles. The molecule has 3 heterocycles. The van der Waals surface area contributed by atoms with Gasteiger partial charge in [-0.2, -0.15) is 0 Å². The molecular formula is C21H23ClN4O3. The fraction of sp³-hybridized carbons (Fsp3) is 0.381. The minimum Gasteiger partial charge on any atom is -0.469 e. The molecule has 1 fully saturated rings. The Morgan fingerprint density at radius 3 is 2.55 bits per heavy atom. The zero-order chi connectivity index (χ0) is 20.2. The predicted octanol–water partition coefficient (Wildman–Crippen LogP) is 3.57. The average Bonchev–Trinajstić information content (AvgIpc) is 3.37. The summed E-state index contributed by atoms with van der Waals surface area (Å²) >= 11 is 5.94. The lowest BCUT2D eigenvalue weighted by molar-refractivity contribution is -0.133. The Balaban J connectivity index is 1.23. The Bertz CT molecular complexity index is 958. The van der Waals surface area contributed by atoms with Crippen LogP contribution in [0.2, 0.25) is 5.02 Å². The molecule has 4 rings (SSSR count). The SMILES string of the molecule is Cc1occc1-c1nnc(CCC(=O)N2CCN(Cc3ccc(Cl)cc3)CC2)o1. The first-order valence-electron chi connectivity index (χ1n) is 9.70. The van der Waals surface area contributed by atoms with E-state index in [-0.39, 0.29) is 5.91 Å². The van der Waals surface area contributed by atoms with E-state index in [1.807, 2.05) is 36.1 Å². The number of rotatable bonds is 6. The molecule has 0 radical (unpaired) electrons. The third kappa shape index (κ3) is 4.86. The van der Waals surface area contributed by atoms with Crippen LogP contribution in [0.15, 0.2) is 45.4 Å². The van der Waals surface area contributed by atoms with Crippen molar-refractivity contribution >= 4 is 17.5 Å². The number of carbonyl (C=O) groups is 1. The first kappa shape index (κ1) is 19.7. The fourth-order valence-corrected chi connectivity index (χ4v) is 3.57. The van der Waals surface area contributed by atoms with Crippen LogP contribution in [-0.4, -0.2) is 52.1 Å². The van der Waals surface area contributed by atoms with Crippen molar-refractivity contribution in [2.75, 3.05) is 26.2 Å². The number of amides is 1. The van der Waals surface area contributed by atoms with Gasteiger partial charge in [0.15, 0.2) is 0 Å². The summed E-state index contributed by atoms with van der Waals surface area (Å²) in [4.78, 5) is 16.8. The highest BCUT2D eigenvalue weighted by Crippen LogP contribution is 2.23. The third-order valence-electron chi connectivity index (χ3n) is 5.15. The van der Waals surface area contributed by atoms with Crippen molar-refractivity contribution in [3.8, 4) is 11.5 Å². The highest BCUT2D eigenvalue weighted by Gasteiger charge is 2.22. The molecule has 1 aliphatic heterocycles. The Kier molecular flexibility index (Phi) is 5.97. The minimum absolute atomic E-state index is 0.121. The van der Waals surface area contributed by atoms with Gasteiger partial charge in [-0.1, -0.05) is 23.7 Å². The number of halogens is 1. The number of aromatic nitrogens is 2. The van der Waals surface area contributed by atoms with E-state index in [4.69, 9.17) is 20.4 Å². The van der Waals surface area contributed by atoms with Gasteiger partial charge in [0.05, 0.1) is 11.8 Å². The summed E-state index contributed by atoms with van der Waals surface area (Å²) in [7, 11) is 0. The van der Waals surface area contributed by atoms with Gasteiger partial charge in [0, 0.05) is 50.6 Å². The normalized spacial score (nSPS) is 15.0. The predicted molar refractivity (Wildman–Crippen MR) is 108 cm³/mol. The number of aryl methyl sites for hydroxylation is 2. The van der Waals surface area contributed by atoms with Gasteiger partial charge in [0.2, 0.25) is 11.8 Å². The molecule has 0 spiro atoms. The summed E-state index contributed by atoms with van der Waals surface area (Å²) in [6, 6.07) is 9.70. The maximum absolute atomic E-state index is 12.6. The Morgan fingerprint density at radius 2 is 1.86 bits per heavy atom. The summed E-state index contributed by atoms with van der Waals surface area (Å²) in [5.41, 5.74) is 2.01. The molecule has 0 atom stereocenters. The van der Waals surface area contributed by atoms with Crippen molar-refractivity contribution in [1.29, 1.82) is 0 Å². The summed E-state index contributed by atoms with van der Waals surface area (Å²) in [5.74, 6) is 1.74. The molecule has 1 saturated heterocycles. The molecule has 0 saturated carbocycles. The highest BCUT2D eigenvalue weighted by molar-refractivity contribution is 6.30. The van der Waals surface area contributed by atoms with Gasteiger partial charge in [0.1, 0.15) is 5.76 Å². The van der Waals surface area contributed by atoms with Gasteiger partial charge in [-0.3, -0.25) is 9.69 Å². The maximum atomic E-state index is 12.6. The molecule has 0 bridgehead atoms. The van der Waals surface area contributed by atoms with Crippen molar-refractivity contribution in [3.05, 3.63) is 58.8 Å². The Morgan fingerprint density at radius 1 is 1.10 bits per heavy atom. The molecule has 0 N–H and O–H groups in total. The summed E-state index contributed by atoms with van der Waals surface area (Å²) in [6.45, 7) is 5.90. The lowest BCUT2D eigenvalue weighted by atomic mass is 10.2. The van der Waals surface area contributed by atoms with E-state index in [0.717, 1.165) is 49.1 Å². The maximum Gasteiger partial charge on any atom is 0.251 e. The van der Waals surface area contributed by atoms with Crippen molar-refractivity contribution in [2.24, 2.45) is 0 Å². The zero-order valence-electron chi connectivity index (χ0n) is 16.3. The van der Waals surface area contributed by atoms with E-state index in [1.165, 1.54) is 5.56 Å². The van der Waals surface area contributed by atoms with Gasteiger partial charge in [-0.15, -0.1) is 10.2 Å². The van der Waals surface area contributed by atoms with Crippen LogP contribution in [0.1, 0.15) is 23.6 Å². The first-order valence-corrected chi connectivity index (χ1v) is 10.1. The van der Waals surface area contributed by atoms with Crippen molar-refractivity contribution in [2.45, 2.75) is 26.3 Å². The molecule has 1 aliphatic rings. The molecule has 7 nitrogen and oxygen atoms in total. The molecule has 1 aromatic carbocycles. The van der Waals surface area contributed by atoms with E-state index >= 15 is 0 Å². The van der Waals surface area contributed by atoms with E-state index in [9.17, 15) is 4.79 Å².